The Hall–Kier alpha value is -0.610. The maximum atomic E-state index is 13.8. The molecule has 0 aliphatic carbocycles. The van der Waals surface area contributed by atoms with E-state index in [1.807, 2.05) is 14.0 Å². The van der Waals surface area contributed by atoms with Gasteiger partial charge in [-0.2, -0.15) is 0 Å². The third-order valence-electron chi connectivity index (χ3n) is 2.28. The maximum absolute atomic E-state index is 13.8. The molecule has 2 nitrogen and oxygen atoms in total. The van der Waals surface area contributed by atoms with E-state index in [9.17, 15) is 4.39 Å². The molecule has 0 radical (unpaired) electrons. The highest BCUT2D eigenvalue weighted by Gasteiger charge is 2.15. The van der Waals surface area contributed by atoms with Gasteiger partial charge in [0, 0.05) is 5.56 Å². The van der Waals surface area contributed by atoms with E-state index in [4.69, 9.17) is 4.74 Å². The lowest BCUT2D eigenvalue weighted by Crippen LogP contribution is -2.12. The van der Waals surface area contributed by atoms with Gasteiger partial charge >= 0.3 is 0 Å². The molecule has 15 heavy (non-hydrogen) atoms. The molecule has 0 amide bonds. The number of aryl methyl sites for hydroxylation is 1. The van der Waals surface area contributed by atoms with Gasteiger partial charge in [0.25, 0.3) is 0 Å². The van der Waals surface area contributed by atoms with Gasteiger partial charge in [0.2, 0.25) is 0 Å². The standard InChI is InChI=1S/C11H15BrFNO/c1-7-6-9(12)10(13)8(4-5-14-2)11(7)15-3/h6,14H,4-5H2,1-3H3. The van der Waals surface area contributed by atoms with Crippen molar-refractivity contribution < 1.29 is 9.13 Å². The van der Waals surface area contributed by atoms with Gasteiger partial charge in [0.1, 0.15) is 11.6 Å². The van der Waals surface area contributed by atoms with Crippen LogP contribution in [0.15, 0.2) is 10.5 Å². The summed E-state index contributed by atoms with van der Waals surface area (Å²) in [6.07, 6.45) is 0.617. The average Bonchev–Trinajstić information content (AvgIpc) is 2.21. The molecule has 0 atom stereocenters. The quantitative estimate of drug-likeness (QED) is 0.912. The van der Waals surface area contributed by atoms with Crippen LogP contribution in [0.4, 0.5) is 4.39 Å². The zero-order valence-electron chi connectivity index (χ0n) is 9.16. The Morgan fingerprint density at radius 1 is 1.53 bits per heavy atom. The monoisotopic (exact) mass is 275 g/mol. The molecule has 0 bridgehead atoms. The molecule has 0 aliphatic heterocycles. The lowest BCUT2D eigenvalue weighted by atomic mass is 10.1. The number of likely N-dealkylation sites (N-methyl/N-ethyl adjacent to an activating group) is 1. The normalized spacial score (nSPS) is 10.5. The van der Waals surface area contributed by atoms with Gasteiger partial charge in [0.15, 0.2) is 0 Å². The predicted octanol–water partition coefficient (Wildman–Crippen LogP) is 2.67. The fourth-order valence-electron chi connectivity index (χ4n) is 1.56. The van der Waals surface area contributed by atoms with Gasteiger partial charge < -0.3 is 10.1 Å². The highest BCUT2D eigenvalue weighted by molar-refractivity contribution is 9.10. The van der Waals surface area contributed by atoms with Crippen molar-refractivity contribution in [1.29, 1.82) is 0 Å². The zero-order chi connectivity index (χ0) is 11.4. The number of hydrogen-bond acceptors (Lipinski definition) is 2. The summed E-state index contributed by atoms with van der Waals surface area (Å²) in [5, 5.41) is 3.00. The van der Waals surface area contributed by atoms with Crippen LogP contribution in [-0.2, 0) is 6.42 Å². The SMILES string of the molecule is CNCCc1c(F)c(Br)cc(C)c1OC. The highest BCUT2D eigenvalue weighted by atomic mass is 79.9. The summed E-state index contributed by atoms with van der Waals surface area (Å²) in [5.41, 5.74) is 1.57. The van der Waals surface area contributed by atoms with Gasteiger partial charge in [-0.15, -0.1) is 0 Å². The molecule has 0 saturated heterocycles. The van der Waals surface area contributed by atoms with E-state index < -0.39 is 0 Å². The Bertz CT molecular complexity index is 355. The summed E-state index contributed by atoms with van der Waals surface area (Å²) in [4.78, 5) is 0. The van der Waals surface area contributed by atoms with E-state index in [-0.39, 0.29) is 5.82 Å². The second-order valence-corrected chi connectivity index (χ2v) is 4.21. The molecule has 1 rings (SSSR count). The first-order chi connectivity index (χ1) is 7.11. The molecular formula is C11H15BrFNO. The van der Waals surface area contributed by atoms with Crippen molar-refractivity contribution in [2.45, 2.75) is 13.3 Å². The van der Waals surface area contributed by atoms with Gasteiger partial charge in [-0.1, -0.05) is 0 Å². The molecule has 1 N–H and O–H groups in total. The Balaban J connectivity index is 3.18. The molecule has 1 aromatic rings. The first-order valence-corrected chi connectivity index (χ1v) is 5.57. The van der Waals surface area contributed by atoms with Gasteiger partial charge in [-0.25, -0.2) is 4.39 Å². The average molecular weight is 276 g/mol. The lowest BCUT2D eigenvalue weighted by molar-refractivity contribution is 0.400. The minimum atomic E-state index is -0.229. The van der Waals surface area contributed by atoms with Crippen molar-refractivity contribution in [2.24, 2.45) is 0 Å². The topological polar surface area (TPSA) is 21.3 Å². The smallest absolute Gasteiger partial charge is 0.144 e. The molecule has 0 fully saturated rings. The molecule has 0 saturated carbocycles. The minimum absolute atomic E-state index is 0.229. The van der Waals surface area contributed by atoms with Crippen LogP contribution in [0, 0.1) is 12.7 Å². The van der Waals surface area contributed by atoms with Crippen molar-refractivity contribution in [3.63, 3.8) is 0 Å². The van der Waals surface area contributed by atoms with E-state index in [0.717, 1.165) is 12.1 Å². The number of halogens is 2. The van der Waals surface area contributed by atoms with E-state index >= 15 is 0 Å². The summed E-state index contributed by atoms with van der Waals surface area (Å²) in [7, 11) is 3.41. The number of ether oxygens (including phenoxy) is 1. The number of methoxy groups -OCH3 is 1. The first kappa shape index (κ1) is 12.5. The third kappa shape index (κ3) is 2.69. The second kappa shape index (κ2) is 5.47. The molecule has 0 unspecified atom stereocenters. The van der Waals surface area contributed by atoms with Crippen molar-refractivity contribution >= 4 is 15.9 Å². The minimum Gasteiger partial charge on any atom is -0.496 e. The fraction of sp³-hybridized carbons (Fsp3) is 0.455. The van der Waals surface area contributed by atoms with Gasteiger partial charge in [-0.05, 0) is 54.5 Å². The summed E-state index contributed by atoms with van der Waals surface area (Å²) in [6.45, 7) is 2.63. The third-order valence-corrected chi connectivity index (χ3v) is 2.86. The summed E-state index contributed by atoms with van der Waals surface area (Å²) >= 11 is 3.20. The lowest BCUT2D eigenvalue weighted by Gasteiger charge is -2.13. The van der Waals surface area contributed by atoms with E-state index in [2.05, 4.69) is 21.2 Å². The van der Waals surface area contributed by atoms with Crippen LogP contribution in [0.5, 0.6) is 5.75 Å². The molecule has 0 spiro atoms. The van der Waals surface area contributed by atoms with Crippen LogP contribution in [0.1, 0.15) is 11.1 Å². The number of nitrogens with one attached hydrogen (secondary N) is 1. The Labute approximate surface area is 98.0 Å². The Kier molecular flexibility index (Phi) is 4.54. The molecule has 4 heteroatoms. The van der Waals surface area contributed by atoms with Gasteiger partial charge in [-0.3, -0.25) is 0 Å². The molecule has 0 aliphatic rings. The van der Waals surface area contributed by atoms with E-state index in [0.29, 0.717) is 22.2 Å². The summed E-state index contributed by atoms with van der Waals surface area (Å²) in [6, 6.07) is 1.73. The molecule has 1 aromatic carbocycles. The predicted molar refractivity (Wildman–Crippen MR) is 63.0 cm³/mol. The number of rotatable bonds is 4. The Morgan fingerprint density at radius 2 is 2.20 bits per heavy atom. The zero-order valence-corrected chi connectivity index (χ0v) is 10.7. The van der Waals surface area contributed by atoms with E-state index in [1.165, 1.54) is 0 Å². The van der Waals surface area contributed by atoms with Crippen molar-refractivity contribution in [3.8, 4) is 5.75 Å². The molecule has 84 valence electrons. The van der Waals surface area contributed by atoms with Crippen LogP contribution in [0.3, 0.4) is 0 Å². The number of hydrogen-bond donors (Lipinski definition) is 1. The highest BCUT2D eigenvalue weighted by Crippen LogP contribution is 2.31. The van der Waals surface area contributed by atoms with Crippen LogP contribution in [-0.4, -0.2) is 20.7 Å². The van der Waals surface area contributed by atoms with Gasteiger partial charge in [0.05, 0.1) is 11.6 Å². The summed E-state index contributed by atoms with van der Waals surface area (Å²) < 4.78 is 19.5. The maximum Gasteiger partial charge on any atom is 0.144 e. The van der Waals surface area contributed by atoms with Crippen LogP contribution in [0.25, 0.3) is 0 Å². The fourth-order valence-corrected chi connectivity index (χ4v) is 2.14. The number of benzene rings is 1. The van der Waals surface area contributed by atoms with Crippen LogP contribution in [0.2, 0.25) is 0 Å². The van der Waals surface area contributed by atoms with Crippen molar-refractivity contribution in [2.75, 3.05) is 20.7 Å². The second-order valence-electron chi connectivity index (χ2n) is 3.35. The van der Waals surface area contributed by atoms with Crippen molar-refractivity contribution in [3.05, 3.63) is 27.5 Å². The molecule has 0 heterocycles. The largest absolute Gasteiger partial charge is 0.496 e. The summed E-state index contributed by atoms with van der Waals surface area (Å²) in [5.74, 6) is 0.415. The van der Waals surface area contributed by atoms with Crippen molar-refractivity contribution in [1.82, 2.24) is 5.32 Å². The van der Waals surface area contributed by atoms with Crippen LogP contribution < -0.4 is 10.1 Å². The molecular weight excluding hydrogens is 261 g/mol. The van der Waals surface area contributed by atoms with E-state index in [1.54, 1.807) is 13.2 Å². The molecule has 0 aromatic heterocycles. The first-order valence-electron chi connectivity index (χ1n) is 4.77. The Morgan fingerprint density at radius 3 is 2.73 bits per heavy atom. The van der Waals surface area contributed by atoms with Crippen LogP contribution >= 0.6 is 15.9 Å².